The fourth-order valence-electron chi connectivity index (χ4n) is 1.18. The summed E-state index contributed by atoms with van der Waals surface area (Å²) < 4.78 is 0. The van der Waals surface area contributed by atoms with E-state index in [4.69, 9.17) is 17.3 Å². The minimum Gasteiger partial charge on any atom is -0.354 e. The molecule has 0 bridgehead atoms. The average Bonchev–Trinajstić information content (AvgIpc) is 2.29. The van der Waals surface area contributed by atoms with Gasteiger partial charge in [-0.1, -0.05) is 23.7 Å². The molecule has 4 N–H and O–H groups in total. The first kappa shape index (κ1) is 13.5. The van der Waals surface area contributed by atoms with Crippen LogP contribution in [0.4, 0.5) is 5.69 Å². The molecule has 0 atom stereocenters. The third-order valence-corrected chi connectivity index (χ3v) is 2.27. The van der Waals surface area contributed by atoms with Crippen LogP contribution in [0.25, 0.3) is 0 Å². The molecule has 1 rings (SSSR count). The smallest absolute Gasteiger partial charge is 0.233 e. The van der Waals surface area contributed by atoms with Crippen molar-refractivity contribution in [1.82, 2.24) is 5.32 Å². The number of rotatable bonds is 5. The molecule has 0 aliphatic carbocycles. The van der Waals surface area contributed by atoms with Gasteiger partial charge in [0.05, 0.1) is 10.7 Å². The fraction of sp³-hybridized carbons (Fsp3) is 0.273. The SMILES string of the molecule is NCCNC(=O)CC(=O)Nc1ccccc1Cl. The normalized spacial score (nSPS) is 9.76. The Hall–Kier alpha value is -1.59. The van der Waals surface area contributed by atoms with Crippen molar-refractivity contribution in [1.29, 1.82) is 0 Å². The molecule has 6 heteroatoms. The number of halogens is 1. The largest absolute Gasteiger partial charge is 0.354 e. The van der Waals surface area contributed by atoms with Crippen LogP contribution < -0.4 is 16.4 Å². The Balaban J connectivity index is 2.45. The van der Waals surface area contributed by atoms with E-state index < -0.39 is 5.91 Å². The summed E-state index contributed by atoms with van der Waals surface area (Å²) in [5.41, 5.74) is 5.71. The first-order chi connectivity index (χ1) is 8.13. The van der Waals surface area contributed by atoms with E-state index in [1.807, 2.05) is 0 Å². The molecule has 0 aliphatic rings. The quantitative estimate of drug-likeness (QED) is 0.679. The van der Waals surface area contributed by atoms with Gasteiger partial charge in [-0.3, -0.25) is 9.59 Å². The van der Waals surface area contributed by atoms with E-state index in [0.717, 1.165) is 0 Å². The molecule has 1 aromatic rings. The summed E-state index contributed by atoms with van der Waals surface area (Å²) in [6.07, 6.45) is -0.245. The zero-order valence-corrected chi connectivity index (χ0v) is 9.96. The van der Waals surface area contributed by atoms with Gasteiger partial charge in [-0.15, -0.1) is 0 Å². The molecule has 0 unspecified atom stereocenters. The van der Waals surface area contributed by atoms with E-state index in [1.54, 1.807) is 24.3 Å². The first-order valence-corrected chi connectivity index (χ1v) is 5.52. The van der Waals surface area contributed by atoms with Crippen LogP contribution in [0, 0.1) is 0 Å². The maximum Gasteiger partial charge on any atom is 0.233 e. The number of nitrogens with one attached hydrogen (secondary N) is 2. The zero-order chi connectivity index (χ0) is 12.7. The van der Waals surface area contributed by atoms with Crippen molar-refractivity contribution in [2.75, 3.05) is 18.4 Å². The van der Waals surface area contributed by atoms with Crippen LogP contribution in [-0.2, 0) is 9.59 Å². The summed E-state index contributed by atoms with van der Waals surface area (Å²) in [7, 11) is 0. The molecule has 2 amide bonds. The Morgan fingerprint density at radius 3 is 2.59 bits per heavy atom. The number of para-hydroxylation sites is 1. The predicted octanol–water partition coefficient (Wildman–Crippen LogP) is 0.743. The molecule has 0 radical (unpaired) electrons. The number of carbonyl (C=O) groups excluding carboxylic acids is 2. The average molecular weight is 256 g/mol. The van der Waals surface area contributed by atoms with Crippen molar-refractivity contribution in [3.05, 3.63) is 29.3 Å². The molecule has 1 aromatic carbocycles. The molecule has 92 valence electrons. The van der Waals surface area contributed by atoms with Crippen LogP contribution in [0.5, 0.6) is 0 Å². The third-order valence-electron chi connectivity index (χ3n) is 1.94. The van der Waals surface area contributed by atoms with Crippen molar-refractivity contribution in [3.63, 3.8) is 0 Å². The van der Waals surface area contributed by atoms with Crippen LogP contribution in [0.2, 0.25) is 5.02 Å². The number of carbonyl (C=O) groups is 2. The van der Waals surface area contributed by atoms with Gasteiger partial charge in [-0.05, 0) is 12.1 Å². The molecule has 0 aromatic heterocycles. The van der Waals surface area contributed by atoms with Crippen molar-refractivity contribution >= 4 is 29.1 Å². The number of hydrogen-bond donors (Lipinski definition) is 3. The molecular weight excluding hydrogens is 242 g/mol. The molecular formula is C11H14ClN3O2. The highest BCUT2D eigenvalue weighted by atomic mass is 35.5. The first-order valence-electron chi connectivity index (χ1n) is 5.14. The second-order valence-corrected chi connectivity index (χ2v) is 3.75. The summed E-state index contributed by atoms with van der Waals surface area (Å²) in [6.45, 7) is 0.704. The van der Waals surface area contributed by atoms with Crippen LogP contribution in [0.1, 0.15) is 6.42 Å². The van der Waals surface area contributed by atoms with Gasteiger partial charge in [-0.25, -0.2) is 0 Å². The molecule has 17 heavy (non-hydrogen) atoms. The lowest BCUT2D eigenvalue weighted by Gasteiger charge is -2.07. The topological polar surface area (TPSA) is 84.2 Å². The minimum absolute atomic E-state index is 0.245. The molecule has 0 spiro atoms. The molecule has 0 saturated carbocycles. The number of nitrogens with two attached hydrogens (primary N) is 1. The van der Waals surface area contributed by atoms with Gasteiger partial charge in [-0.2, -0.15) is 0 Å². The summed E-state index contributed by atoms with van der Waals surface area (Å²) in [5, 5.41) is 5.49. The zero-order valence-electron chi connectivity index (χ0n) is 9.20. The van der Waals surface area contributed by atoms with Crippen molar-refractivity contribution in [3.8, 4) is 0 Å². The summed E-state index contributed by atoms with van der Waals surface area (Å²) in [5.74, 6) is -0.771. The van der Waals surface area contributed by atoms with Crippen molar-refractivity contribution < 1.29 is 9.59 Å². The number of anilines is 1. The van der Waals surface area contributed by atoms with Crippen molar-refractivity contribution in [2.24, 2.45) is 5.73 Å². The second-order valence-electron chi connectivity index (χ2n) is 3.34. The highest BCUT2D eigenvalue weighted by molar-refractivity contribution is 6.33. The number of hydrogen-bond acceptors (Lipinski definition) is 3. The Morgan fingerprint density at radius 1 is 1.24 bits per heavy atom. The predicted molar refractivity (Wildman–Crippen MR) is 66.8 cm³/mol. The molecule has 0 saturated heterocycles. The lowest BCUT2D eigenvalue weighted by atomic mass is 10.3. The summed E-state index contributed by atoms with van der Waals surface area (Å²) in [6, 6.07) is 6.83. The van der Waals surface area contributed by atoms with Crippen LogP contribution in [-0.4, -0.2) is 24.9 Å². The highest BCUT2D eigenvalue weighted by Gasteiger charge is 2.10. The van der Waals surface area contributed by atoms with E-state index in [9.17, 15) is 9.59 Å². The lowest BCUT2D eigenvalue weighted by Crippen LogP contribution is -2.31. The summed E-state index contributed by atoms with van der Waals surface area (Å²) in [4.78, 5) is 22.7. The second kappa shape index (κ2) is 6.88. The number of benzene rings is 1. The molecule has 0 aliphatic heterocycles. The Morgan fingerprint density at radius 2 is 1.94 bits per heavy atom. The molecule has 0 heterocycles. The number of amides is 2. The van der Waals surface area contributed by atoms with Gasteiger partial charge in [0.2, 0.25) is 11.8 Å². The molecule has 5 nitrogen and oxygen atoms in total. The van der Waals surface area contributed by atoms with E-state index in [1.165, 1.54) is 0 Å². The fourth-order valence-corrected chi connectivity index (χ4v) is 1.36. The van der Waals surface area contributed by atoms with Crippen LogP contribution >= 0.6 is 11.6 Å². The van der Waals surface area contributed by atoms with Gasteiger partial charge in [0.1, 0.15) is 6.42 Å². The van der Waals surface area contributed by atoms with Crippen LogP contribution in [0.3, 0.4) is 0 Å². The van der Waals surface area contributed by atoms with Gasteiger partial charge in [0, 0.05) is 13.1 Å². The van der Waals surface area contributed by atoms with E-state index in [2.05, 4.69) is 10.6 Å². The van der Waals surface area contributed by atoms with Crippen molar-refractivity contribution in [2.45, 2.75) is 6.42 Å². The Labute approximate surface area is 104 Å². The van der Waals surface area contributed by atoms with Gasteiger partial charge >= 0.3 is 0 Å². The maximum atomic E-state index is 11.5. The van der Waals surface area contributed by atoms with Gasteiger partial charge < -0.3 is 16.4 Å². The monoisotopic (exact) mass is 255 g/mol. The maximum absolute atomic E-state index is 11.5. The standard InChI is InChI=1S/C11H14ClN3O2/c12-8-3-1-2-4-9(8)15-11(17)7-10(16)14-6-5-13/h1-4H,5-7,13H2,(H,14,16)(H,15,17). The van der Waals surface area contributed by atoms with Gasteiger partial charge in [0.25, 0.3) is 0 Å². The Bertz CT molecular complexity index is 409. The Kier molecular flexibility index (Phi) is 5.45. The van der Waals surface area contributed by atoms with Gasteiger partial charge in [0.15, 0.2) is 0 Å². The highest BCUT2D eigenvalue weighted by Crippen LogP contribution is 2.20. The van der Waals surface area contributed by atoms with E-state index in [-0.39, 0.29) is 12.3 Å². The van der Waals surface area contributed by atoms with Crippen LogP contribution in [0.15, 0.2) is 24.3 Å². The third kappa shape index (κ3) is 4.84. The summed E-state index contributed by atoms with van der Waals surface area (Å²) >= 11 is 5.86. The van der Waals surface area contributed by atoms with E-state index in [0.29, 0.717) is 23.8 Å². The minimum atomic E-state index is -0.410. The lowest BCUT2D eigenvalue weighted by molar-refractivity contribution is -0.126. The molecule has 0 fully saturated rings. The van der Waals surface area contributed by atoms with E-state index >= 15 is 0 Å².